The predicted molar refractivity (Wildman–Crippen MR) is 157 cm³/mol. The Balaban J connectivity index is 1.52. The summed E-state index contributed by atoms with van der Waals surface area (Å²) in [6, 6.07) is -0.655. The number of aliphatic hydroxyl groups is 8. The van der Waals surface area contributed by atoms with Gasteiger partial charge in [0.1, 0.15) is 48.8 Å². The fourth-order valence-electron chi connectivity index (χ4n) is 5.02. The van der Waals surface area contributed by atoms with Gasteiger partial charge in [0, 0.05) is 32.6 Å². The van der Waals surface area contributed by atoms with E-state index in [1.165, 1.54) is 6.92 Å². The van der Waals surface area contributed by atoms with Crippen LogP contribution in [0.4, 0.5) is 0 Å². The van der Waals surface area contributed by atoms with Crippen LogP contribution in [0.3, 0.4) is 0 Å². The highest BCUT2D eigenvalue weighted by Crippen LogP contribution is 2.23. The first kappa shape index (κ1) is 40.3. The molecule has 0 bridgehead atoms. The Kier molecular flexibility index (Phi) is 18.6. The highest BCUT2D eigenvalue weighted by Gasteiger charge is 2.45. The zero-order valence-electron chi connectivity index (χ0n) is 26.2. The minimum absolute atomic E-state index is 0.0910. The van der Waals surface area contributed by atoms with Crippen LogP contribution in [-0.2, 0) is 33.3 Å². The minimum atomic E-state index is -1.53. The summed E-state index contributed by atoms with van der Waals surface area (Å²) in [7, 11) is 0. The number of Topliss-reactive ketones (excluding diaryl/α,β-unsaturated/α-hetero) is 1. The molecule has 0 spiro atoms. The lowest BCUT2D eigenvalue weighted by Crippen LogP contribution is -2.59. The third-order valence-corrected chi connectivity index (χ3v) is 7.93. The van der Waals surface area contributed by atoms with Crippen molar-refractivity contribution in [1.82, 2.24) is 10.6 Å². The summed E-state index contributed by atoms with van der Waals surface area (Å²) in [5.41, 5.74) is 0. The second-order valence-electron chi connectivity index (χ2n) is 11.6. The van der Waals surface area contributed by atoms with Crippen molar-refractivity contribution in [2.45, 2.75) is 132 Å². The average Bonchev–Trinajstić information content (AvgIpc) is 3.03. The Morgan fingerprint density at radius 2 is 1.13 bits per heavy atom. The summed E-state index contributed by atoms with van der Waals surface area (Å²) >= 11 is 0. The van der Waals surface area contributed by atoms with Gasteiger partial charge in [-0.1, -0.05) is 0 Å². The molecule has 2 fully saturated rings. The summed E-state index contributed by atoms with van der Waals surface area (Å²) in [6.07, 6.45) is -9.77. The van der Waals surface area contributed by atoms with Crippen molar-refractivity contribution in [3.05, 3.63) is 0 Å². The molecule has 0 aromatic carbocycles. The Labute approximate surface area is 267 Å². The Hall–Kier alpha value is -1.87. The van der Waals surface area contributed by atoms with E-state index >= 15 is 0 Å². The number of rotatable bonds is 21. The summed E-state index contributed by atoms with van der Waals surface area (Å²) < 4.78 is 21.3. The number of carbonyl (C=O) groups is 3. The van der Waals surface area contributed by atoms with Crippen LogP contribution in [0.25, 0.3) is 0 Å². The first-order chi connectivity index (χ1) is 21.9. The van der Waals surface area contributed by atoms with Crippen LogP contribution in [0.1, 0.15) is 64.7 Å². The number of ketones is 1. The van der Waals surface area contributed by atoms with Gasteiger partial charge in [-0.25, -0.2) is 0 Å². The predicted octanol–water partition coefficient (Wildman–Crippen LogP) is -3.68. The molecule has 0 aromatic rings. The maximum atomic E-state index is 12.3. The first-order valence-electron chi connectivity index (χ1n) is 15.8. The minimum Gasteiger partial charge on any atom is -0.394 e. The number of amides is 2. The molecule has 2 heterocycles. The van der Waals surface area contributed by atoms with Crippen LogP contribution in [-0.4, -0.2) is 159 Å². The van der Waals surface area contributed by atoms with Crippen molar-refractivity contribution in [3.8, 4) is 0 Å². The monoisotopic (exact) mass is 668 g/mol. The van der Waals surface area contributed by atoms with E-state index in [0.29, 0.717) is 51.5 Å². The standard InChI is InChI=1S/C29H52N2O15/c1-16(34)17(31-21(36)10-4-7-13-44-29-27(42)25(40)23(38)19(15-33)46-29)8-2-5-11-30-20(35)9-3-6-12-43-28-26(41)24(39)22(37)18(14-32)45-28/h17-19,22-29,32-33,37-42H,2-15H2,1H3,(H,30,35)(H,31,36)/t17?,18?,19-,22?,23?,24?,25?,26?,27?,28?,29?/m1/s1. The van der Waals surface area contributed by atoms with Crippen molar-refractivity contribution >= 4 is 17.6 Å². The van der Waals surface area contributed by atoms with Crippen molar-refractivity contribution in [2.24, 2.45) is 0 Å². The highest BCUT2D eigenvalue weighted by atomic mass is 16.7. The lowest BCUT2D eigenvalue weighted by Gasteiger charge is -2.39. The zero-order valence-corrected chi connectivity index (χ0v) is 26.2. The normalized spacial score (nSPS) is 32.1. The first-order valence-corrected chi connectivity index (χ1v) is 15.8. The van der Waals surface area contributed by atoms with Crippen LogP contribution >= 0.6 is 0 Å². The van der Waals surface area contributed by atoms with Gasteiger partial charge in [-0.3, -0.25) is 14.4 Å². The van der Waals surface area contributed by atoms with E-state index in [1.54, 1.807) is 0 Å². The van der Waals surface area contributed by atoms with Crippen LogP contribution in [0.15, 0.2) is 0 Å². The topological polar surface area (TPSA) is 274 Å². The van der Waals surface area contributed by atoms with Gasteiger partial charge in [-0.15, -0.1) is 0 Å². The number of hydrogen-bond donors (Lipinski definition) is 10. The van der Waals surface area contributed by atoms with Gasteiger partial charge in [0.25, 0.3) is 0 Å². The summed E-state index contributed by atoms with van der Waals surface area (Å²) in [4.78, 5) is 36.5. The van der Waals surface area contributed by atoms with Crippen molar-refractivity contribution < 1.29 is 74.2 Å². The van der Waals surface area contributed by atoms with E-state index in [-0.39, 0.29) is 43.7 Å². The highest BCUT2D eigenvalue weighted by molar-refractivity contribution is 5.87. The largest absolute Gasteiger partial charge is 0.394 e. The molecule has 10 unspecified atom stereocenters. The molecule has 11 atom stereocenters. The van der Waals surface area contributed by atoms with E-state index in [0.717, 1.165) is 0 Å². The molecule has 0 saturated carbocycles. The quantitative estimate of drug-likeness (QED) is 0.0528. The van der Waals surface area contributed by atoms with Gasteiger partial charge in [0.15, 0.2) is 18.4 Å². The van der Waals surface area contributed by atoms with E-state index in [9.17, 15) is 55.2 Å². The van der Waals surface area contributed by atoms with Crippen molar-refractivity contribution in [2.75, 3.05) is 33.0 Å². The van der Waals surface area contributed by atoms with Gasteiger partial charge in [-0.05, 0) is 51.9 Å². The molecule has 0 radical (unpaired) electrons. The zero-order chi connectivity index (χ0) is 34.2. The fraction of sp³-hybridized carbons (Fsp3) is 0.897. The maximum absolute atomic E-state index is 12.3. The molecular formula is C29H52N2O15. The molecule has 2 rings (SSSR count). The number of unbranched alkanes of at least 4 members (excludes halogenated alkanes) is 3. The van der Waals surface area contributed by atoms with E-state index in [4.69, 9.17) is 18.9 Å². The molecule has 46 heavy (non-hydrogen) atoms. The SMILES string of the molecule is CC(=O)C(CCCCNC(=O)CCCCOC1OC(CO)C(O)C(O)C1O)NC(=O)CCCCOC1O[C@H](CO)C(O)C(O)C1O. The summed E-state index contributed by atoms with van der Waals surface area (Å²) in [6.45, 7) is 0.898. The third-order valence-electron chi connectivity index (χ3n) is 7.93. The molecule has 2 saturated heterocycles. The smallest absolute Gasteiger partial charge is 0.220 e. The van der Waals surface area contributed by atoms with E-state index in [1.807, 2.05) is 0 Å². The molecule has 17 heteroatoms. The molecule has 2 amide bonds. The maximum Gasteiger partial charge on any atom is 0.220 e. The molecule has 268 valence electrons. The lowest BCUT2D eigenvalue weighted by molar-refractivity contribution is -0.301. The van der Waals surface area contributed by atoms with Gasteiger partial charge in [-0.2, -0.15) is 0 Å². The van der Waals surface area contributed by atoms with Crippen LogP contribution < -0.4 is 10.6 Å². The summed E-state index contributed by atoms with van der Waals surface area (Å²) in [5.74, 6) is -0.661. The van der Waals surface area contributed by atoms with Crippen LogP contribution in [0, 0.1) is 0 Å². The molecule has 0 aromatic heterocycles. The van der Waals surface area contributed by atoms with E-state index < -0.39 is 80.7 Å². The number of ether oxygens (including phenoxy) is 4. The molecule has 2 aliphatic rings. The van der Waals surface area contributed by atoms with Gasteiger partial charge in [0.2, 0.25) is 11.8 Å². The molecule has 0 aliphatic carbocycles. The van der Waals surface area contributed by atoms with Crippen LogP contribution in [0.2, 0.25) is 0 Å². The number of aliphatic hydroxyl groups excluding tert-OH is 8. The number of carbonyl (C=O) groups excluding carboxylic acids is 3. The molecule has 2 aliphatic heterocycles. The van der Waals surface area contributed by atoms with Crippen molar-refractivity contribution in [1.29, 1.82) is 0 Å². The van der Waals surface area contributed by atoms with Crippen LogP contribution in [0.5, 0.6) is 0 Å². The Morgan fingerprint density at radius 1 is 0.652 bits per heavy atom. The molecular weight excluding hydrogens is 616 g/mol. The molecule has 17 nitrogen and oxygen atoms in total. The van der Waals surface area contributed by atoms with E-state index in [2.05, 4.69) is 10.6 Å². The lowest BCUT2D eigenvalue weighted by atomic mass is 9.99. The molecule has 10 N–H and O–H groups in total. The van der Waals surface area contributed by atoms with Gasteiger partial charge >= 0.3 is 0 Å². The second-order valence-corrected chi connectivity index (χ2v) is 11.6. The van der Waals surface area contributed by atoms with Gasteiger partial charge in [0.05, 0.1) is 19.3 Å². The third kappa shape index (κ3) is 13.0. The second kappa shape index (κ2) is 21.2. The van der Waals surface area contributed by atoms with Gasteiger partial charge < -0.3 is 70.4 Å². The average molecular weight is 669 g/mol. The number of hydrogen-bond acceptors (Lipinski definition) is 15. The Bertz CT molecular complexity index is 910. The number of nitrogens with one attached hydrogen (secondary N) is 2. The Morgan fingerprint density at radius 3 is 1.59 bits per heavy atom. The summed E-state index contributed by atoms with van der Waals surface area (Å²) in [5, 5.41) is 83.1. The van der Waals surface area contributed by atoms with Crippen molar-refractivity contribution in [3.63, 3.8) is 0 Å². The fourth-order valence-corrected chi connectivity index (χ4v) is 5.02.